The van der Waals surface area contributed by atoms with Gasteiger partial charge < -0.3 is 10.6 Å². The summed E-state index contributed by atoms with van der Waals surface area (Å²) in [7, 11) is 0. The molecule has 0 fully saturated rings. The summed E-state index contributed by atoms with van der Waals surface area (Å²) in [4.78, 5) is 16.4. The van der Waals surface area contributed by atoms with Crippen molar-refractivity contribution < 1.29 is 4.79 Å². The van der Waals surface area contributed by atoms with Crippen molar-refractivity contribution >= 4 is 24.0 Å². The number of fused-ring (bicyclic) bond motifs is 1. The van der Waals surface area contributed by atoms with Crippen molar-refractivity contribution in [2.75, 3.05) is 19.6 Å². The van der Waals surface area contributed by atoms with Crippen LogP contribution in [0.25, 0.3) is 5.65 Å². The molecule has 0 saturated heterocycles. The molecule has 0 unspecified atom stereocenters. The molecule has 0 aliphatic rings. The third kappa shape index (κ3) is 3.91. The van der Waals surface area contributed by atoms with Gasteiger partial charge in [0.25, 0.3) is 5.91 Å². The van der Waals surface area contributed by atoms with Crippen LogP contribution in [0.15, 0.2) is 18.5 Å². The van der Waals surface area contributed by atoms with Gasteiger partial charge in [-0.1, -0.05) is 6.92 Å². The lowest BCUT2D eigenvalue weighted by Crippen LogP contribution is -2.32. The third-order valence-corrected chi connectivity index (χ3v) is 2.77. The number of aromatic nitrogens is 3. The van der Waals surface area contributed by atoms with Crippen LogP contribution in [0.3, 0.4) is 0 Å². The van der Waals surface area contributed by atoms with E-state index in [1.807, 2.05) is 13.0 Å². The number of nitrogens with zero attached hydrogens (tertiary/aromatic N) is 3. The fraction of sp³-hybridized carbons (Fsp3) is 0.462. The molecule has 7 heteroatoms. The number of hydrogen-bond donors (Lipinski definition) is 2. The summed E-state index contributed by atoms with van der Waals surface area (Å²) in [5, 5.41) is 10.2. The molecule has 0 atom stereocenters. The van der Waals surface area contributed by atoms with Crippen molar-refractivity contribution in [2.45, 2.75) is 20.3 Å². The Bertz CT molecular complexity index is 569. The zero-order chi connectivity index (χ0) is 13.7. The van der Waals surface area contributed by atoms with Gasteiger partial charge in [0.05, 0.1) is 6.20 Å². The molecule has 6 nitrogen and oxygen atoms in total. The molecule has 0 aliphatic heterocycles. The zero-order valence-electron chi connectivity index (χ0n) is 11.7. The van der Waals surface area contributed by atoms with Crippen molar-refractivity contribution in [3.05, 3.63) is 29.7 Å². The molecule has 110 valence electrons. The van der Waals surface area contributed by atoms with E-state index in [0.717, 1.165) is 25.2 Å². The zero-order valence-corrected chi connectivity index (χ0v) is 12.5. The molecule has 2 aromatic rings. The Hall–Kier alpha value is -1.66. The summed E-state index contributed by atoms with van der Waals surface area (Å²) in [6.07, 6.45) is 4.44. The van der Waals surface area contributed by atoms with Crippen LogP contribution in [0.4, 0.5) is 0 Å². The Morgan fingerprint density at radius 2 is 2.15 bits per heavy atom. The topological polar surface area (TPSA) is 71.3 Å². The predicted molar refractivity (Wildman–Crippen MR) is 80.5 cm³/mol. The van der Waals surface area contributed by atoms with Crippen LogP contribution in [0.1, 0.15) is 29.4 Å². The highest BCUT2D eigenvalue weighted by atomic mass is 35.5. The van der Waals surface area contributed by atoms with Gasteiger partial charge in [0.1, 0.15) is 5.56 Å². The Balaban J connectivity index is 0.00000200. The van der Waals surface area contributed by atoms with E-state index in [2.05, 4.69) is 27.6 Å². The standard InChI is InChI=1S/C13H19N5O.ClH/c1-3-5-14-6-7-15-13(19)11-9-16-18-8-4-10(2)17-12(11)18;/h4,8-9,14H,3,5-7H2,1-2H3,(H,15,19);1H. The largest absolute Gasteiger partial charge is 0.351 e. The van der Waals surface area contributed by atoms with E-state index in [-0.39, 0.29) is 18.3 Å². The molecule has 0 bridgehead atoms. The molecular weight excluding hydrogens is 278 g/mol. The van der Waals surface area contributed by atoms with Gasteiger partial charge in [0, 0.05) is 25.0 Å². The van der Waals surface area contributed by atoms with Gasteiger partial charge >= 0.3 is 0 Å². The quantitative estimate of drug-likeness (QED) is 0.786. The Morgan fingerprint density at radius 1 is 1.35 bits per heavy atom. The van der Waals surface area contributed by atoms with Crippen molar-refractivity contribution in [3.8, 4) is 0 Å². The van der Waals surface area contributed by atoms with Crippen LogP contribution in [0.5, 0.6) is 0 Å². The molecular formula is C13H20ClN5O. The monoisotopic (exact) mass is 297 g/mol. The van der Waals surface area contributed by atoms with Gasteiger partial charge in [-0.3, -0.25) is 4.79 Å². The van der Waals surface area contributed by atoms with E-state index in [1.165, 1.54) is 0 Å². The minimum absolute atomic E-state index is 0. The lowest BCUT2D eigenvalue weighted by atomic mass is 10.3. The van der Waals surface area contributed by atoms with Crippen molar-refractivity contribution in [1.29, 1.82) is 0 Å². The van der Waals surface area contributed by atoms with Crippen LogP contribution in [-0.2, 0) is 0 Å². The second kappa shape index (κ2) is 7.81. The van der Waals surface area contributed by atoms with Crippen molar-refractivity contribution in [1.82, 2.24) is 25.2 Å². The normalized spacial score (nSPS) is 10.3. The predicted octanol–water partition coefficient (Wildman–Crippen LogP) is 1.19. The number of aryl methyl sites for hydroxylation is 1. The summed E-state index contributed by atoms with van der Waals surface area (Å²) >= 11 is 0. The molecule has 0 saturated carbocycles. The SMILES string of the molecule is CCCNCCNC(=O)c1cnn2ccc(C)nc12.Cl. The molecule has 20 heavy (non-hydrogen) atoms. The van der Waals surface area contributed by atoms with Crippen LogP contribution < -0.4 is 10.6 Å². The van der Waals surface area contributed by atoms with Gasteiger partial charge in [0.15, 0.2) is 5.65 Å². The summed E-state index contributed by atoms with van der Waals surface area (Å²) in [6, 6.07) is 1.86. The lowest BCUT2D eigenvalue weighted by molar-refractivity contribution is 0.0955. The number of nitrogens with one attached hydrogen (secondary N) is 2. The first kappa shape index (κ1) is 16.4. The van der Waals surface area contributed by atoms with Gasteiger partial charge in [-0.2, -0.15) is 5.10 Å². The van der Waals surface area contributed by atoms with E-state index < -0.39 is 0 Å². The highest BCUT2D eigenvalue weighted by Crippen LogP contribution is 2.08. The Morgan fingerprint density at radius 3 is 2.90 bits per heavy atom. The number of amides is 1. The van der Waals surface area contributed by atoms with E-state index in [0.29, 0.717) is 17.8 Å². The molecule has 0 radical (unpaired) electrons. The summed E-state index contributed by atoms with van der Waals surface area (Å²) in [6.45, 7) is 6.34. The molecule has 2 rings (SSSR count). The molecule has 2 aromatic heterocycles. The van der Waals surface area contributed by atoms with Gasteiger partial charge in [-0.05, 0) is 26.0 Å². The Labute approximate surface area is 124 Å². The second-order valence-electron chi connectivity index (χ2n) is 4.40. The van der Waals surface area contributed by atoms with Crippen LogP contribution >= 0.6 is 12.4 Å². The first-order chi connectivity index (χ1) is 9.22. The Kier molecular flexibility index (Phi) is 6.41. The molecule has 0 aliphatic carbocycles. The number of carbonyl (C=O) groups excluding carboxylic acids is 1. The fourth-order valence-electron chi connectivity index (χ4n) is 1.78. The third-order valence-electron chi connectivity index (χ3n) is 2.77. The number of rotatable bonds is 6. The number of halogens is 1. The van der Waals surface area contributed by atoms with Crippen LogP contribution in [-0.4, -0.2) is 40.1 Å². The van der Waals surface area contributed by atoms with Crippen molar-refractivity contribution in [3.63, 3.8) is 0 Å². The maximum Gasteiger partial charge on any atom is 0.256 e. The summed E-state index contributed by atoms with van der Waals surface area (Å²) in [5.74, 6) is -0.133. The average Bonchev–Trinajstić information content (AvgIpc) is 2.81. The lowest BCUT2D eigenvalue weighted by Gasteiger charge is -2.05. The molecule has 0 spiro atoms. The van der Waals surface area contributed by atoms with Crippen LogP contribution in [0, 0.1) is 6.92 Å². The highest BCUT2D eigenvalue weighted by Gasteiger charge is 2.13. The maximum atomic E-state index is 12.0. The van der Waals surface area contributed by atoms with E-state index in [1.54, 1.807) is 16.9 Å². The van der Waals surface area contributed by atoms with Gasteiger partial charge in [0.2, 0.25) is 0 Å². The van der Waals surface area contributed by atoms with Gasteiger partial charge in [-0.25, -0.2) is 9.50 Å². The molecule has 1 amide bonds. The van der Waals surface area contributed by atoms with Crippen LogP contribution in [0.2, 0.25) is 0 Å². The van der Waals surface area contributed by atoms with Crippen molar-refractivity contribution in [2.24, 2.45) is 0 Å². The first-order valence-corrected chi connectivity index (χ1v) is 6.52. The summed E-state index contributed by atoms with van der Waals surface area (Å²) in [5.41, 5.74) is 1.98. The first-order valence-electron chi connectivity index (χ1n) is 6.52. The maximum absolute atomic E-state index is 12.0. The average molecular weight is 298 g/mol. The number of hydrogen-bond acceptors (Lipinski definition) is 4. The van der Waals surface area contributed by atoms with E-state index >= 15 is 0 Å². The fourth-order valence-corrected chi connectivity index (χ4v) is 1.78. The smallest absolute Gasteiger partial charge is 0.256 e. The molecule has 0 aromatic carbocycles. The van der Waals surface area contributed by atoms with Gasteiger partial charge in [-0.15, -0.1) is 12.4 Å². The minimum atomic E-state index is -0.133. The molecule has 2 heterocycles. The number of carbonyl (C=O) groups is 1. The van der Waals surface area contributed by atoms with E-state index in [9.17, 15) is 4.79 Å². The molecule has 2 N–H and O–H groups in total. The second-order valence-corrected chi connectivity index (χ2v) is 4.40. The highest BCUT2D eigenvalue weighted by molar-refractivity contribution is 5.99. The summed E-state index contributed by atoms with van der Waals surface area (Å²) < 4.78 is 1.61. The van der Waals surface area contributed by atoms with E-state index in [4.69, 9.17) is 0 Å². The minimum Gasteiger partial charge on any atom is -0.351 e.